The molecule has 0 fully saturated rings. The Bertz CT molecular complexity index is 2450. The lowest BCUT2D eigenvalue weighted by Gasteiger charge is -2.11. The molecule has 0 amide bonds. The number of aromatic nitrogens is 2. The zero-order chi connectivity index (χ0) is 28.3. The second-order valence-corrected chi connectivity index (χ2v) is 12.1. The van der Waals surface area contributed by atoms with Crippen molar-refractivity contribution in [3.05, 3.63) is 146 Å². The molecule has 0 aliphatic heterocycles. The van der Waals surface area contributed by atoms with Crippen LogP contribution in [0.15, 0.2) is 146 Å². The molecule has 0 spiro atoms. The predicted molar refractivity (Wildman–Crippen MR) is 184 cm³/mol. The highest BCUT2D eigenvalue weighted by molar-refractivity contribution is 7.25. The van der Waals surface area contributed by atoms with Gasteiger partial charge in [0.25, 0.3) is 0 Å². The van der Waals surface area contributed by atoms with E-state index < -0.39 is 0 Å². The van der Waals surface area contributed by atoms with Crippen LogP contribution in [-0.2, 0) is 0 Å². The van der Waals surface area contributed by atoms with Crippen LogP contribution in [0, 0.1) is 0 Å². The number of fused-ring (bicyclic) bond motifs is 9. The maximum atomic E-state index is 5.15. The van der Waals surface area contributed by atoms with Gasteiger partial charge in [0.2, 0.25) is 0 Å². The van der Waals surface area contributed by atoms with E-state index in [-0.39, 0.29) is 0 Å². The topological polar surface area (TPSA) is 25.8 Å². The van der Waals surface area contributed by atoms with Crippen LogP contribution in [0.3, 0.4) is 0 Å². The molecule has 9 rings (SSSR count). The molecular formula is C40H24N2S. The molecule has 2 heterocycles. The fraction of sp³-hybridized carbons (Fsp3) is 0. The zero-order valence-corrected chi connectivity index (χ0v) is 24.0. The van der Waals surface area contributed by atoms with Gasteiger partial charge in [0.1, 0.15) is 0 Å². The maximum absolute atomic E-state index is 5.15. The maximum Gasteiger partial charge on any atom is 0.0979 e. The first kappa shape index (κ1) is 24.2. The van der Waals surface area contributed by atoms with Gasteiger partial charge in [-0.3, -0.25) is 4.98 Å². The van der Waals surface area contributed by atoms with Crippen LogP contribution >= 0.6 is 11.3 Å². The highest BCUT2D eigenvalue weighted by atomic mass is 32.1. The average molecular weight is 565 g/mol. The first-order valence-electron chi connectivity index (χ1n) is 14.5. The molecule has 0 aliphatic rings. The zero-order valence-electron chi connectivity index (χ0n) is 23.2. The first-order valence-corrected chi connectivity index (χ1v) is 15.3. The third kappa shape index (κ3) is 3.93. The Morgan fingerprint density at radius 1 is 0.372 bits per heavy atom. The van der Waals surface area contributed by atoms with Crippen LogP contribution in [0.25, 0.3) is 86.3 Å². The minimum Gasteiger partial charge on any atom is -0.252 e. The third-order valence-corrected chi connectivity index (χ3v) is 9.69. The molecule has 43 heavy (non-hydrogen) atoms. The van der Waals surface area contributed by atoms with Gasteiger partial charge in [-0.15, -0.1) is 11.3 Å². The summed E-state index contributed by atoms with van der Waals surface area (Å²) in [4.78, 5) is 10.1. The van der Waals surface area contributed by atoms with Crippen molar-refractivity contribution in [2.24, 2.45) is 0 Å². The summed E-state index contributed by atoms with van der Waals surface area (Å²) in [5, 5.41) is 7.35. The molecule has 0 atom stereocenters. The summed E-state index contributed by atoms with van der Waals surface area (Å²) >= 11 is 1.86. The molecule has 0 saturated heterocycles. The van der Waals surface area contributed by atoms with E-state index in [9.17, 15) is 0 Å². The van der Waals surface area contributed by atoms with Crippen LogP contribution < -0.4 is 0 Å². The van der Waals surface area contributed by atoms with Gasteiger partial charge in [-0.1, -0.05) is 121 Å². The summed E-state index contributed by atoms with van der Waals surface area (Å²) in [6.45, 7) is 0. The fourth-order valence-corrected chi connectivity index (χ4v) is 7.44. The molecule has 0 aliphatic carbocycles. The molecule has 0 N–H and O–H groups in total. The van der Waals surface area contributed by atoms with Crippen molar-refractivity contribution in [1.29, 1.82) is 0 Å². The van der Waals surface area contributed by atoms with Crippen molar-refractivity contribution in [2.45, 2.75) is 0 Å². The fourth-order valence-electron chi connectivity index (χ4n) is 6.36. The number of nitrogens with zero attached hydrogens (tertiary/aromatic N) is 2. The number of rotatable bonds is 3. The highest BCUT2D eigenvalue weighted by Crippen LogP contribution is 2.37. The van der Waals surface area contributed by atoms with Gasteiger partial charge in [-0.25, -0.2) is 4.98 Å². The third-order valence-electron chi connectivity index (χ3n) is 8.54. The van der Waals surface area contributed by atoms with Gasteiger partial charge in [-0.2, -0.15) is 0 Å². The molecule has 0 saturated carbocycles. The summed E-state index contributed by atoms with van der Waals surface area (Å²) in [5.74, 6) is 0. The van der Waals surface area contributed by atoms with Gasteiger partial charge in [-0.05, 0) is 51.2 Å². The van der Waals surface area contributed by atoms with E-state index in [0.717, 1.165) is 33.1 Å². The molecule has 2 nitrogen and oxygen atoms in total. The summed E-state index contributed by atoms with van der Waals surface area (Å²) < 4.78 is 2.67. The minimum atomic E-state index is 0.881. The molecule has 0 unspecified atom stereocenters. The van der Waals surface area contributed by atoms with Crippen molar-refractivity contribution in [3.8, 4) is 33.5 Å². The lowest BCUT2D eigenvalue weighted by molar-refractivity contribution is 1.31. The average Bonchev–Trinajstić information content (AvgIpc) is 3.46. The second-order valence-electron chi connectivity index (χ2n) is 11.0. The van der Waals surface area contributed by atoms with E-state index in [0.29, 0.717) is 0 Å². The number of hydrogen-bond donors (Lipinski definition) is 0. The van der Waals surface area contributed by atoms with Gasteiger partial charge in [0, 0.05) is 36.5 Å². The van der Waals surface area contributed by atoms with Crippen molar-refractivity contribution in [3.63, 3.8) is 0 Å². The Balaban J connectivity index is 1.05. The molecule has 3 heteroatoms. The summed E-state index contributed by atoms with van der Waals surface area (Å²) in [7, 11) is 0. The Labute approximate surface area is 252 Å². The SMILES string of the molecule is c1ccc2c(c1)sc1ccc(-c3ccc(-c4ccc(-c5cnc6c7ccccc7c7ccccc7c6n5)cc4)cc3)cc12. The van der Waals surface area contributed by atoms with Crippen molar-refractivity contribution >= 4 is 64.1 Å². The summed E-state index contributed by atoms with van der Waals surface area (Å²) in [6.07, 6.45) is 1.90. The van der Waals surface area contributed by atoms with Gasteiger partial charge in [0.05, 0.1) is 22.9 Å². The van der Waals surface area contributed by atoms with Crippen molar-refractivity contribution < 1.29 is 0 Å². The van der Waals surface area contributed by atoms with Crippen molar-refractivity contribution in [2.75, 3.05) is 0 Å². The largest absolute Gasteiger partial charge is 0.252 e. The second kappa shape index (κ2) is 9.59. The van der Waals surface area contributed by atoms with E-state index in [1.807, 2.05) is 17.5 Å². The quantitative estimate of drug-likeness (QED) is 0.199. The smallest absolute Gasteiger partial charge is 0.0979 e. The molecule has 200 valence electrons. The monoisotopic (exact) mass is 564 g/mol. The van der Waals surface area contributed by atoms with E-state index in [2.05, 4.69) is 140 Å². The molecular weight excluding hydrogens is 541 g/mol. The van der Waals surface area contributed by atoms with E-state index >= 15 is 0 Å². The van der Waals surface area contributed by atoms with Crippen LogP contribution in [-0.4, -0.2) is 9.97 Å². The highest BCUT2D eigenvalue weighted by Gasteiger charge is 2.12. The number of benzene rings is 7. The molecule has 9 aromatic rings. The van der Waals surface area contributed by atoms with Gasteiger partial charge in [0.15, 0.2) is 0 Å². The van der Waals surface area contributed by atoms with E-state index in [4.69, 9.17) is 9.97 Å². The Hall–Kier alpha value is -5.38. The summed E-state index contributed by atoms with van der Waals surface area (Å²) in [5.41, 5.74) is 8.67. The minimum absolute atomic E-state index is 0.881. The Morgan fingerprint density at radius 2 is 0.860 bits per heavy atom. The van der Waals surface area contributed by atoms with E-state index in [1.54, 1.807) is 0 Å². The van der Waals surface area contributed by atoms with Crippen LogP contribution in [0.4, 0.5) is 0 Å². The van der Waals surface area contributed by atoms with Crippen molar-refractivity contribution in [1.82, 2.24) is 9.97 Å². The normalized spacial score (nSPS) is 11.7. The van der Waals surface area contributed by atoms with Crippen LogP contribution in [0.5, 0.6) is 0 Å². The van der Waals surface area contributed by atoms with Crippen LogP contribution in [0.2, 0.25) is 0 Å². The predicted octanol–water partition coefficient (Wildman–Crippen LogP) is 11.3. The van der Waals surface area contributed by atoms with Gasteiger partial charge >= 0.3 is 0 Å². The molecule has 0 radical (unpaired) electrons. The molecule has 2 aromatic heterocycles. The lowest BCUT2D eigenvalue weighted by atomic mass is 9.98. The van der Waals surface area contributed by atoms with E-state index in [1.165, 1.54) is 53.2 Å². The molecule has 0 bridgehead atoms. The van der Waals surface area contributed by atoms with Gasteiger partial charge < -0.3 is 0 Å². The number of hydrogen-bond acceptors (Lipinski definition) is 3. The Kier molecular flexibility index (Phi) is 5.40. The molecule has 7 aromatic carbocycles. The standard InChI is InChI=1S/C40H24N2S/c1-3-10-33-30(7-1)31-8-2-4-11-34(31)40-39(33)41-24-36(42-40)28-19-17-26(18-20-28)25-13-15-27(16-14-25)29-21-22-38-35(23-29)32-9-5-6-12-37(32)43-38/h1-24H. The summed E-state index contributed by atoms with van der Waals surface area (Å²) in [6, 6.07) is 50.0. The Morgan fingerprint density at radius 3 is 1.53 bits per heavy atom. The first-order chi connectivity index (χ1) is 21.3. The lowest BCUT2D eigenvalue weighted by Crippen LogP contribution is -1.92. The number of thiophene rings is 1. The van der Waals surface area contributed by atoms with Crippen LogP contribution in [0.1, 0.15) is 0 Å².